The lowest BCUT2D eigenvalue weighted by molar-refractivity contribution is -0.183. The molecule has 0 aliphatic heterocycles. The predicted octanol–water partition coefficient (Wildman–Crippen LogP) is 3.88. The maximum absolute atomic E-state index is 13.1. The first-order valence-electron chi connectivity index (χ1n) is 6.63. The molecule has 1 fully saturated rings. The van der Waals surface area contributed by atoms with Crippen LogP contribution in [0.15, 0.2) is 23.1 Å². The molecular weight excluding hydrogens is 346 g/mol. The number of halogens is 5. The van der Waals surface area contributed by atoms with Gasteiger partial charge < -0.3 is 0 Å². The van der Waals surface area contributed by atoms with Crippen molar-refractivity contribution in [1.29, 1.82) is 0 Å². The van der Waals surface area contributed by atoms with Crippen LogP contribution in [0, 0.1) is 11.7 Å². The van der Waals surface area contributed by atoms with Gasteiger partial charge in [-0.3, -0.25) is 0 Å². The van der Waals surface area contributed by atoms with Gasteiger partial charge in [-0.15, -0.1) is 0 Å². The van der Waals surface area contributed by atoms with E-state index in [0.29, 0.717) is 12.8 Å². The van der Waals surface area contributed by atoms with Crippen LogP contribution in [-0.2, 0) is 10.0 Å². The second kappa shape index (κ2) is 6.33. The lowest BCUT2D eigenvalue weighted by Crippen LogP contribution is -2.41. The first-order chi connectivity index (χ1) is 10.1. The molecular formula is C13H14ClF4NO2S. The van der Waals surface area contributed by atoms with Crippen LogP contribution < -0.4 is 4.72 Å². The molecule has 1 saturated carbocycles. The third-order valence-corrected chi connectivity index (χ3v) is 5.47. The van der Waals surface area contributed by atoms with E-state index in [4.69, 9.17) is 11.6 Å². The van der Waals surface area contributed by atoms with Crippen LogP contribution in [0.4, 0.5) is 17.6 Å². The van der Waals surface area contributed by atoms with Gasteiger partial charge in [-0.05, 0) is 37.5 Å². The Morgan fingerprint density at radius 3 is 2.50 bits per heavy atom. The van der Waals surface area contributed by atoms with Crippen LogP contribution in [-0.4, -0.2) is 20.6 Å². The maximum Gasteiger partial charge on any atom is 0.391 e. The van der Waals surface area contributed by atoms with E-state index in [9.17, 15) is 26.0 Å². The first kappa shape index (κ1) is 17.5. The molecule has 2 rings (SSSR count). The van der Waals surface area contributed by atoms with Gasteiger partial charge in [-0.2, -0.15) is 13.2 Å². The van der Waals surface area contributed by atoms with Crippen molar-refractivity contribution in [1.82, 2.24) is 4.72 Å². The van der Waals surface area contributed by atoms with Crippen molar-refractivity contribution in [2.45, 2.75) is 42.8 Å². The summed E-state index contributed by atoms with van der Waals surface area (Å²) < 4.78 is 77.8. The van der Waals surface area contributed by atoms with Crippen LogP contribution >= 0.6 is 11.6 Å². The molecule has 3 nitrogen and oxygen atoms in total. The summed E-state index contributed by atoms with van der Waals surface area (Å²) in [5.74, 6) is -2.28. The van der Waals surface area contributed by atoms with E-state index in [-0.39, 0.29) is 22.8 Å². The fraction of sp³-hybridized carbons (Fsp3) is 0.538. The zero-order valence-corrected chi connectivity index (χ0v) is 12.9. The van der Waals surface area contributed by atoms with Gasteiger partial charge in [-0.1, -0.05) is 18.0 Å². The smallest absolute Gasteiger partial charge is 0.208 e. The molecule has 22 heavy (non-hydrogen) atoms. The highest BCUT2D eigenvalue weighted by molar-refractivity contribution is 7.89. The van der Waals surface area contributed by atoms with Crippen LogP contribution in [0.25, 0.3) is 0 Å². The van der Waals surface area contributed by atoms with Crippen molar-refractivity contribution in [2.75, 3.05) is 0 Å². The minimum atomic E-state index is -4.33. The van der Waals surface area contributed by atoms with E-state index < -0.39 is 34.0 Å². The second-order valence-corrected chi connectivity index (χ2v) is 7.42. The number of alkyl halides is 3. The monoisotopic (exact) mass is 359 g/mol. The van der Waals surface area contributed by atoms with Crippen molar-refractivity contribution in [3.8, 4) is 0 Å². The Balaban J connectivity index is 2.13. The molecule has 0 saturated heterocycles. The Morgan fingerprint density at radius 1 is 1.23 bits per heavy atom. The summed E-state index contributed by atoms with van der Waals surface area (Å²) in [6.45, 7) is 0. The van der Waals surface area contributed by atoms with Gasteiger partial charge in [0.15, 0.2) is 0 Å². The topological polar surface area (TPSA) is 46.2 Å². The van der Waals surface area contributed by atoms with E-state index in [1.165, 1.54) is 0 Å². The average Bonchev–Trinajstić information content (AvgIpc) is 2.40. The highest BCUT2D eigenvalue weighted by atomic mass is 35.5. The summed E-state index contributed by atoms with van der Waals surface area (Å²) in [6.07, 6.45) is -3.99. The van der Waals surface area contributed by atoms with Crippen molar-refractivity contribution >= 4 is 21.6 Å². The van der Waals surface area contributed by atoms with Crippen molar-refractivity contribution < 1.29 is 26.0 Å². The summed E-state index contributed by atoms with van der Waals surface area (Å²) in [5.41, 5.74) is 0. The van der Waals surface area contributed by atoms with Crippen LogP contribution in [0.5, 0.6) is 0 Å². The summed E-state index contributed by atoms with van der Waals surface area (Å²) in [6, 6.07) is 2.06. The molecule has 0 spiro atoms. The minimum Gasteiger partial charge on any atom is -0.208 e. The Labute approximate surface area is 130 Å². The number of hydrogen-bond acceptors (Lipinski definition) is 2. The van der Waals surface area contributed by atoms with Crippen LogP contribution in [0.3, 0.4) is 0 Å². The molecule has 0 heterocycles. The molecule has 0 bridgehead atoms. The Bertz CT molecular complexity index is 648. The van der Waals surface area contributed by atoms with Gasteiger partial charge in [0.1, 0.15) is 5.82 Å². The van der Waals surface area contributed by atoms with Crippen LogP contribution in [0.2, 0.25) is 5.02 Å². The molecule has 0 radical (unpaired) electrons. The minimum absolute atomic E-state index is 0.00407. The van der Waals surface area contributed by atoms with Gasteiger partial charge in [0.05, 0.1) is 15.8 Å². The number of hydrogen-bond donors (Lipinski definition) is 1. The Morgan fingerprint density at radius 2 is 1.91 bits per heavy atom. The Kier molecular flexibility index (Phi) is 5.03. The summed E-state index contributed by atoms with van der Waals surface area (Å²) in [7, 11) is -4.04. The molecule has 1 N–H and O–H groups in total. The normalized spacial score (nSPS) is 23.5. The molecule has 124 valence electrons. The van der Waals surface area contributed by atoms with E-state index in [2.05, 4.69) is 4.72 Å². The predicted molar refractivity (Wildman–Crippen MR) is 73.5 cm³/mol. The van der Waals surface area contributed by atoms with Gasteiger partial charge in [0.25, 0.3) is 0 Å². The lowest BCUT2D eigenvalue weighted by atomic mass is 9.86. The molecule has 0 aromatic heterocycles. The van der Waals surface area contributed by atoms with E-state index in [1.807, 2.05) is 0 Å². The van der Waals surface area contributed by atoms with Crippen molar-refractivity contribution in [3.05, 3.63) is 29.0 Å². The summed E-state index contributed by atoms with van der Waals surface area (Å²) in [4.78, 5) is -0.270. The van der Waals surface area contributed by atoms with E-state index in [0.717, 1.165) is 18.2 Å². The number of nitrogens with one attached hydrogen (secondary N) is 1. The third-order valence-electron chi connectivity index (χ3n) is 3.66. The third kappa shape index (κ3) is 4.11. The SMILES string of the molecule is O=S(=O)(NC1CCCC(C(F)(F)F)C1)c1ccc(F)c(Cl)c1. The molecule has 0 amide bonds. The number of benzene rings is 1. The number of rotatable bonds is 3. The Hall–Kier alpha value is -0.860. The summed E-state index contributed by atoms with van der Waals surface area (Å²) in [5, 5.41) is -0.361. The first-order valence-corrected chi connectivity index (χ1v) is 8.50. The summed E-state index contributed by atoms with van der Waals surface area (Å²) >= 11 is 5.53. The fourth-order valence-corrected chi connectivity index (χ4v) is 4.08. The van der Waals surface area contributed by atoms with Crippen molar-refractivity contribution in [2.24, 2.45) is 5.92 Å². The van der Waals surface area contributed by atoms with Gasteiger partial charge in [0, 0.05) is 6.04 Å². The maximum atomic E-state index is 13.1. The van der Waals surface area contributed by atoms with Crippen molar-refractivity contribution in [3.63, 3.8) is 0 Å². The largest absolute Gasteiger partial charge is 0.391 e. The van der Waals surface area contributed by atoms with Gasteiger partial charge >= 0.3 is 6.18 Å². The molecule has 1 aliphatic carbocycles. The molecule has 1 aliphatic rings. The molecule has 1 aromatic carbocycles. The van der Waals surface area contributed by atoms with E-state index >= 15 is 0 Å². The molecule has 2 atom stereocenters. The number of sulfonamides is 1. The zero-order valence-electron chi connectivity index (χ0n) is 11.3. The molecule has 1 aromatic rings. The standard InChI is InChI=1S/C13H14ClF4NO2S/c14-11-7-10(4-5-12(11)15)22(20,21)19-9-3-1-2-8(6-9)13(16,17)18/h4-5,7-9,19H,1-3,6H2. The molecule has 9 heteroatoms. The second-order valence-electron chi connectivity index (χ2n) is 5.30. The average molecular weight is 360 g/mol. The molecule has 2 unspecified atom stereocenters. The van der Waals surface area contributed by atoms with Gasteiger partial charge in [0.2, 0.25) is 10.0 Å². The highest BCUT2D eigenvalue weighted by Gasteiger charge is 2.42. The quantitative estimate of drug-likeness (QED) is 0.832. The van der Waals surface area contributed by atoms with E-state index in [1.54, 1.807) is 0 Å². The lowest BCUT2D eigenvalue weighted by Gasteiger charge is -2.30. The van der Waals surface area contributed by atoms with Gasteiger partial charge in [-0.25, -0.2) is 17.5 Å². The zero-order chi connectivity index (χ0) is 16.5. The van der Waals surface area contributed by atoms with Crippen LogP contribution in [0.1, 0.15) is 25.7 Å². The highest BCUT2D eigenvalue weighted by Crippen LogP contribution is 2.37. The fourth-order valence-electron chi connectivity index (χ4n) is 2.53.